The van der Waals surface area contributed by atoms with Crippen LogP contribution in [0.15, 0.2) is 42.5 Å². The minimum atomic E-state index is -0.144. The number of amides is 2. The molecule has 1 aliphatic heterocycles. The van der Waals surface area contributed by atoms with Gasteiger partial charge in [-0.05, 0) is 72.4 Å². The minimum Gasteiger partial charge on any atom is -0.395 e. The number of hydrogen-bond donors (Lipinski definition) is 2. The maximum absolute atomic E-state index is 13.3. The Balaban J connectivity index is 1.40. The number of fused-ring (bicyclic) bond motifs is 2. The number of aryl methyl sites for hydroxylation is 2. The van der Waals surface area contributed by atoms with E-state index in [0.29, 0.717) is 18.0 Å². The number of nitrogens with one attached hydrogen (secondary N) is 1. The van der Waals surface area contributed by atoms with Crippen molar-refractivity contribution in [2.75, 3.05) is 26.2 Å². The van der Waals surface area contributed by atoms with Gasteiger partial charge in [0, 0.05) is 35.8 Å². The quantitative estimate of drug-likeness (QED) is 0.617. The molecule has 32 heavy (non-hydrogen) atoms. The Morgan fingerprint density at radius 3 is 2.75 bits per heavy atom. The van der Waals surface area contributed by atoms with Crippen molar-refractivity contribution in [1.82, 2.24) is 10.2 Å². The monoisotopic (exact) mass is 448 g/mol. The standard InChI is InChI=1S/C26H28N2O3S/c29-14-12-27-25(30)24-23(21-7-3-4-8-22(21)32-24)20-11-13-28(16-20)26(31)19-10-9-17-5-1-2-6-18(17)15-19/h3-4,7-10,15,20,29H,1-2,5-6,11-14,16H2,(H,27,30). The predicted octanol–water partition coefficient (Wildman–Crippen LogP) is 4.13. The van der Waals surface area contributed by atoms with Crippen LogP contribution in [0.2, 0.25) is 0 Å². The summed E-state index contributed by atoms with van der Waals surface area (Å²) in [4.78, 5) is 28.8. The fraction of sp³-hybridized carbons (Fsp3) is 0.385. The van der Waals surface area contributed by atoms with Gasteiger partial charge in [0.15, 0.2) is 0 Å². The van der Waals surface area contributed by atoms with Crippen molar-refractivity contribution in [3.05, 3.63) is 69.6 Å². The zero-order valence-electron chi connectivity index (χ0n) is 18.1. The first-order chi connectivity index (χ1) is 15.7. The lowest BCUT2D eigenvalue weighted by Gasteiger charge is -2.20. The van der Waals surface area contributed by atoms with Gasteiger partial charge in [0.05, 0.1) is 11.5 Å². The Kier molecular flexibility index (Phi) is 5.98. The molecule has 3 aromatic rings. The highest BCUT2D eigenvalue weighted by Gasteiger charge is 2.33. The van der Waals surface area contributed by atoms with Gasteiger partial charge >= 0.3 is 0 Å². The molecule has 2 aromatic carbocycles. The van der Waals surface area contributed by atoms with E-state index in [1.807, 2.05) is 29.2 Å². The number of carbonyl (C=O) groups excluding carboxylic acids is 2. The molecule has 1 saturated heterocycles. The Labute approximate surface area is 192 Å². The van der Waals surface area contributed by atoms with E-state index >= 15 is 0 Å². The number of carbonyl (C=O) groups is 2. The molecule has 0 spiro atoms. The van der Waals surface area contributed by atoms with E-state index in [0.717, 1.165) is 40.5 Å². The van der Waals surface area contributed by atoms with E-state index in [4.69, 9.17) is 5.11 Å². The number of nitrogens with zero attached hydrogens (tertiary/aromatic N) is 1. The van der Waals surface area contributed by atoms with Crippen LogP contribution in [-0.4, -0.2) is 48.1 Å². The highest BCUT2D eigenvalue weighted by Crippen LogP contribution is 2.40. The normalized spacial score (nSPS) is 18.0. The van der Waals surface area contributed by atoms with Gasteiger partial charge in [0.2, 0.25) is 0 Å². The molecule has 166 valence electrons. The summed E-state index contributed by atoms with van der Waals surface area (Å²) in [6.07, 6.45) is 5.45. The van der Waals surface area contributed by atoms with Crippen LogP contribution in [0.5, 0.6) is 0 Å². The van der Waals surface area contributed by atoms with Gasteiger partial charge in [-0.15, -0.1) is 11.3 Å². The highest BCUT2D eigenvalue weighted by molar-refractivity contribution is 7.21. The van der Waals surface area contributed by atoms with Crippen molar-refractivity contribution in [3.63, 3.8) is 0 Å². The van der Waals surface area contributed by atoms with Crippen LogP contribution in [-0.2, 0) is 12.8 Å². The fourth-order valence-electron chi connectivity index (χ4n) is 5.12. The summed E-state index contributed by atoms with van der Waals surface area (Å²) >= 11 is 1.49. The predicted molar refractivity (Wildman–Crippen MR) is 128 cm³/mol. The van der Waals surface area contributed by atoms with Crippen LogP contribution in [0.1, 0.15) is 61.9 Å². The van der Waals surface area contributed by atoms with Crippen LogP contribution in [0, 0.1) is 0 Å². The Bertz CT molecular complexity index is 1170. The first-order valence-corrected chi connectivity index (χ1v) is 12.3. The third-order valence-corrected chi connectivity index (χ3v) is 7.90. The number of benzene rings is 2. The first-order valence-electron chi connectivity index (χ1n) is 11.5. The molecule has 2 amide bonds. The van der Waals surface area contributed by atoms with E-state index in [1.165, 1.54) is 35.3 Å². The van der Waals surface area contributed by atoms with E-state index < -0.39 is 0 Å². The summed E-state index contributed by atoms with van der Waals surface area (Å²) in [5.74, 6) is 0.0732. The van der Waals surface area contributed by atoms with E-state index in [-0.39, 0.29) is 30.9 Å². The average Bonchev–Trinajstić information content (AvgIpc) is 3.46. The molecule has 0 saturated carbocycles. The van der Waals surface area contributed by atoms with Crippen LogP contribution in [0.25, 0.3) is 10.1 Å². The molecular weight excluding hydrogens is 420 g/mol. The molecule has 5 nitrogen and oxygen atoms in total. The lowest BCUT2D eigenvalue weighted by Crippen LogP contribution is -2.29. The Morgan fingerprint density at radius 2 is 1.91 bits per heavy atom. The van der Waals surface area contributed by atoms with Crippen molar-refractivity contribution in [1.29, 1.82) is 0 Å². The number of likely N-dealkylation sites (tertiary alicyclic amines) is 1. The SMILES string of the molecule is O=C(NCCO)c1sc2ccccc2c1C1CCN(C(=O)c2ccc3c(c2)CCCC3)C1. The number of rotatable bonds is 5. The number of thiophene rings is 1. The van der Waals surface area contributed by atoms with Gasteiger partial charge in [-0.2, -0.15) is 0 Å². The smallest absolute Gasteiger partial charge is 0.261 e. The number of aliphatic hydroxyl groups is 1. The van der Waals surface area contributed by atoms with Gasteiger partial charge in [-0.3, -0.25) is 9.59 Å². The zero-order valence-corrected chi connectivity index (χ0v) is 18.9. The van der Waals surface area contributed by atoms with Crippen LogP contribution in [0.3, 0.4) is 0 Å². The molecule has 1 unspecified atom stereocenters. The van der Waals surface area contributed by atoms with Gasteiger partial charge < -0.3 is 15.3 Å². The van der Waals surface area contributed by atoms with Crippen LogP contribution >= 0.6 is 11.3 Å². The highest BCUT2D eigenvalue weighted by atomic mass is 32.1. The van der Waals surface area contributed by atoms with Gasteiger partial charge in [0.25, 0.3) is 11.8 Å². The van der Waals surface area contributed by atoms with Gasteiger partial charge in [-0.1, -0.05) is 24.3 Å². The average molecular weight is 449 g/mol. The summed E-state index contributed by atoms with van der Waals surface area (Å²) in [5, 5.41) is 13.0. The van der Waals surface area contributed by atoms with E-state index in [9.17, 15) is 9.59 Å². The fourth-order valence-corrected chi connectivity index (χ4v) is 6.32. The molecule has 1 aromatic heterocycles. The summed E-state index contributed by atoms with van der Waals surface area (Å²) in [7, 11) is 0. The molecule has 0 radical (unpaired) electrons. The van der Waals surface area contributed by atoms with Crippen molar-refractivity contribution < 1.29 is 14.7 Å². The second-order valence-corrected chi connectivity index (χ2v) is 9.80. The Morgan fingerprint density at radius 1 is 1.09 bits per heavy atom. The molecule has 2 N–H and O–H groups in total. The Hall–Kier alpha value is -2.70. The maximum Gasteiger partial charge on any atom is 0.261 e. The molecular formula is C26H28N2O3S. The maximum atomic E-state index is 13.3. The second kappa shape index (κ2) is 9.04. The zero-order chi connectivity index (χ0) is 22.1. The van der Waals surface area contributed by atoms with Crippen LogP contribution in [0.4, 0.5) is 0 Å². The third kappa shape index (κ3) is 3.93. The third-order valence-electron chi connectivity index (χ3n) is 6.72. The summed E-state index contributed by atoms with van der Waals surface area (Å²) in [6.45, 7) is 1.47. The lowest BCUT2D eigenvalue weighted by molar-refractivity contribution is 0.0790. The van der Waals surface area contributed by atoms with E-state index in [1.54, 1.807) is 0 Å². The number of hydrogen-bond acceptors (Lipinski definition) is 4. The topological polar surface area (TPSA) is 69.6 Å². The van der Waals surface area contributed by atoms with Crippen molar-refractivity contribution in [2.24, 2.45) is 0 Å². The first kappa shape index (κ1) is 21.2. The van der Waals surface area contributed by atoms with Crippen molar-refractivity contribution in [2.45, 2.75) is 38.0 Å². The minimum absolute atomic E-state index is 0.0849. The lowest BCUT2D eigenvalue weighted by atomic mass is 9.90. The van der Waals surface area contributed by atoms with Gasteiger partial charge in [-0.25, -0.2) is 0 Å². The summed E-state index contributed by atoms with van der Waals surface area (Å²) < 4.78 is 1.08. The summed E-state index contributed by atoms with van der Waals surface area (Å²) in [6, 6.07) is 14.3. The van der Waals surface area contributed by atoms with Crippen molar-refractivity contribution in [3.8, 4) is 0 Å². The second-order valence-electron chi connectivity index (χ2n) is 8.75. The van der Waals surface area contributed by atoms with Crippen molar-refractivity contribution >= 4 is 33.2 Å². The molecule has 2 heterocycles. The molecule has 5 rings (SSSR count). The molecule has 1 fully saturated rings. The number of aliphatic hydroxyl groups excluding tert-OH is 1. The molecule has 1 aliphatic carbocycles. The molecule has 6 heteroatoms. The largest absolute Gasteiger partial charge is 0.395 e. The molecule has 2 aliphatic rings. The van der Waals surface area contributed by atoms with Gasteiger partial charge in [0.1, 0.15) is 0 Å². The van der Waals surface area contributed by atoms with E-state index in [2.05, 4.69) is 23.5 Å². The molecule has 1 atom stereocenters. The molecule has 0 bridgehead atoms. The van der Waals surface area contributed by atoms with Crippen LogP contribution < -0.4 is 5.32 Å². The summed E-state index contributed by atoms with van der Waals surface area (Å²) in [5.41, 5.74) is 4.53.